The van der Waals surface area contributed by atoms with Crippen molar-refractivity contribution >= 4 is 17.7 Å². The first kappa shape index (κ1) is 19.7. The summed E-state index contributed by atoms with van der Waals surface area (Å²) >= 11 is 1.43. The van der Waals surface area contributed by atoms with Crippen molar-refractivity contribution in [2.24, 2.45) is 13.0 Å². The van der Waals surface area contributed by atoms with Crippen LogP contribution in [0.3, 0.4) is 0 Å². The fourth-order valence-corrected chi connectivity index (χ4v) is 3.93. The van der Waals surface area contributed by atoms with Gasteiger partial charge in [0.25, 0.3) is 0 Å². The highest BCUT2D eigenvalue weighted by atomic mass is 32.2. The van der Waals surface area contributed by atoms with Gasteiger partial charge in [0.05, 0.1) is 5.75 Å². The van der Waals surface area contributed by atoms with E-state index in [2.05, 4.69) is 29.2 Å². The van der Waals surface area contributed by atoms with Gasteiger partial charge in [0.2, 0.25) is 5.91 Å². The standard InChI is InChI=1S/C18H28N6O2S/c1-13(2)6-10-24-18(26)23-9-7-14(4-5-15(23)21-24)20-16(25)12-27-17-19-8-11-22(17)3/h8,11,13-14H,4-7,9-10,12H2,1-3H3,(H,20,25). The van der Waals surface area contributed by atoms with E-state index in [-0.39, 0.29) is 17.6 Å². The predicted molar refractivity (Wildman–Crippen MR) is 105 cm³/mol. The molecule has 3 heterocycles. The van der Waals surface area contributed by atoms with Gasteiger partial charge in [0.1, 0.15) is 5.82 Å². The summed E-state index contributed by atoms with van der Waals surface area (Å²) < 4.78 is 5.26. The molecule has 0 saturated heterocycles. The van der Waals surface area contributed by atoms with Crippen molar-refractivity contribution in [3.05, 3.63) is 28.7 Å². The average molecular weight is 393 g/mol. The SMILES string of the molecule is CC(C)CCn1nc2n(c1=O)CCC(NC(=O)CSc1nccn1C)CC2. The Morgan fingerprint density at radius 2 is 2.22 bits per heavy atom. The Kier molecular flexibility index (Phi) is 6.41. The highest BCUT2D eigenvalue weighted by Crippen LogP contribution is 2.15. The van der Waals surface area contributed by atoms with E-state index in [0.29, 0.717) is 31.2 Å². The molecule has 1 aliphatic heterocycles. The number of aryl methyl sites for hydroxylation is 3. The second kappa shape index (κ2) is 8.77. The normalized spacial score (nSPS) is 17.0. The Labute approximate surface area is 163 Å². The molecule has 0 aliphatic carbocycles. The number of thioether (sulfide) groups is 1. The first-order valence-corrected chi connectivity index (χ1v) is 10.5. The minimum Gasteiger partial charge on any atom is -0.353 e. The zero-order valence-electron chi connectivity index (χ0n) is 16.2. The molecule has 1 N–H and O–H groups in total. The molecular weight excluding hydrogens is 364 g/mol. The van der Waals surface area contributed by atoms with Crippen molar-refractivity contribution in [1.82, 2.24) is 29.2 Å². The third-order valence-electron chi connectivity index (χ3n) is 4.81. The van der Waals surface area contributed by atoms with E-state index in [4.69, 9.17) is 0 Å². The topological polar surface area (TPSA) is 86.7 Å². The van der Waals surface area contributed by atoms with E-state index >= 15 is 0 Å². The second-order valence-corrected chi connectivity index (χ2v) is 8.40. The summed E-state index contributed by atoms with van der Waals surface area (Å²) in [7, 11) is 1.91. The van der Waals surface area contributed by atoms with Crippen LogP contribution >= 0.6 is 11.8 Å². The first-order valence-electron chi connectivity index (χ1n) is 9.50. The van der Waals surface area contributed by atoms with E-state index in [1.54, 1.807) is 15.4 Å². The Hall–Kier alpha value is -2.03. The molecule has 8 nitrogen and oxygen atoms in total. The van der Waals surface area contributed by atoms with Crippen LogP contribution in [0.25, 0.3) is 0 Å². The van der Waals surface area contributed by atoms with Crippen LogP contribution in [0.2, 0.25) is 0 Å². The third-order valence-corrected chi connectivity index (χ3v) is 5.87. The monoisotopic (exact) mass is 392 g/mol. The summed E-state index contributed by atoms with van der Waals surface area (Å²) in [4.78, 5) is 29.0. The van der Waals surface area contributed by atoms with Gasteiger partial charge in [-0.05, 0) is 25.2 Å². The van der Waals surface area contributed by atoms with Crippen LogP contribution in [0.15, 0.2) is 22.3 Å². The van der Waals surface area contributed by atoms with Gasteiger partial charge in [-0.15, -0.1) is 0 Å². The molecule has 0 fully saturated rings. The molecule has 0 aromatic carbocycles. The second-order valence-electron chi connectivity index (χ2n) is 7.46. The predicted octanol–water partition coefficient (Wildman–Crippen LogP) is 1.44. The number of carbonyl (C=O) groups excluding carboxylic acids is 1. The van der Waals surface area contributed by atoms with Crippen molar-refractivity contribution < 1.29 is 4.79 Å². The highest BCUT2D eigenvalue weighted by molar-refractivity contribution is 7.99. The Balaban J connectivity index is 1.52. The Bertz CT molecular complexity index is 837. The van der Waals surface area contributed by atoms with Crippen LogP contribution in [0, 0.1) is 5.92 Å². The number of carbonyl (C=O) groups is 1. The van der Waals surface area contributed by atoms with E-state index in [1.807, 2.05) is 17.8 Å². The third kappa shape index (κ3) is 5.03. The Morgan fingerprint density at radius 1 is 1.41 bits per heavy atom. The number of nitrogens with one attached hydrogen (secondary N) is 1. The van der Waals surface area contributed by atoms with Crippen molar-refractivity contribution in [3.8, 4) is 0 Å². The summed E-state index contributed by atoms with van der Waals surface area (Å²) in [5.41, 5.74) is -0.0250. The van der Waals surface area contributed by atoms with Crippen molar-refractivity contribution in [2.75, 3.05) is 5.75 Å². The smallest absolute Gasteiger partial charge is 0.345 e. The fraction of sp³-hybridized carbons (Fsp3) is 0.667. The van der Waals surface area contributed by atoms with E-state index in [9.17, 15) is 9.59 Å². The molecule has 1 atom stereocenters. The first-order chi connectivity index (χ1) is 12.9. The Morgan fingerprint density at radius 3 is 2.93 bits per heavy atom. The van der Waals surface area contributed by atoms with E-state index in [0.717, 1.165) is 30.2 Å². The summed E-state index contributed by atoms with van der Waals surface area (Å²) in [6.45, 7) is 5.56. The molecule has 2 aromatic heterocycles. The van der Waals surface area contributed by atoms with Crippen LogP contribution in [0.5, 0.6) is 0 Å². The van der Waals surface area contributed by atoms with Gasteiger partial charge in [0.15, 0.2) is 5.16 Å². The molecule has 0 radical (unpaired) electrons. The van der Waals surface area contributed by atoms with Gasteiger partial charge in [-0.25, -0.2) is 14.5 Å². The molecule has 9 heteroatoms. The molecule has 148 valence electrons. The number of amides is 1. The molecule has 0 bridgehead atoms. The lowest BCUT2D eigenvalue weighted by Gasteiger charge is -2.15. The number of nitrogens with zero attached hydrogens (tertiary/aromatic N) is 5. The minimum absolute atomic E-state index is 0.00175. The van der Waals surface area contributed by atoms with Gasteiger partial charge < -0.3 is 9.88 Å². The van der Waals surface area contributed by atoms with Gasteiger partial charge in [0, 0.05) is 45.0 Å². The lowest BCUT2D eigenvalue weighted by molar-refractivity contribution is -0.119. The van der Waals surface area contributed by atoms with Crippen LogP contribution in [0.4, 0.5) is 0 Å². The van der Waals surface area contributed by atoms with Gasteiger partial charge in [-0.1, -0.05) is 25.6 Å². The molecule has 2 aromatic rings. The van der Waals surface area contributed by atoms with Crippen LogP contribution in [-0.2, 0) is 31.4 Å². The maximum absolute atomic E-state index is 12.5. The van der Waals surface area contributed by atoms with E-state index < -0.39 is 0 Å². The summed E-state index contributed by atoms with van der Waals surface area (Å²) in [6.07, 6.45) is 6.80. The molecule has 3 rings (SSSR count). The molecule has 0 saturated carbocycles. The average Bonchev–Trinajstić information content (AvgIpc) is 3.09. The van der Waals surface area contributed by atoms with Gasteiger partial charge >= 0.3 is 5.69 Å². The number of rotatable bonds is 7. The number of aromatic nitrogens is 5. The molecule has 1 aliphatic rings. The number of hydrogen-bond donors (Lipinski definition) is 1. The van der Waals surface area contributed by atoms with Crippen molar-refractivity contribution in [1.29, 1.82) is 0 Å². The maximum atomic E-state index is 12.5. The van der Waals surface area contributed by atoms with E-state index in [1.165, 1.54) is 11.8 Å². The van der Waals surface area contributed by atoms with Crippen LogP contribution in [0.1, 0.15) is 38.9 Å². The number of imidazole rings is 1. The maximum Gasteiger partial charge on any atom is 0.345 e. The summed E-state index contributed by atoms with van der Waals surface area (Å²) in [5, 5.41) is 8.43. The number of hydrogen-bond acceptors (Lipinski definition) is 5. The zero-order chi connectivity index (χ0) is 19.4. The van der Waals surface area contributed by atoms with Crippen molar-refractivity contribution in [2.45, 2.75) is 63.8 Å². The lowest BCUT2D eigenvalue weighted by Crippen LogP contribution is -2.37. The molecule has 1 amide bonds. The quantitative estimate of drug-likeness (QED) is 0.721. The fourth-order valence-electron chi connectivity index (χ4n) is 3.19. The van der Waals surface area contributed by atoms with Gasteiger partial charge in [-0.2, -0.15) is 5.10 Å². The summed E-state index contributed by atoms with van der Waals surface area (Å²) in [6, 6.07) is 0.0738. The number of fused-ring (bicyclic) bond motifs is 1. The molecular formula is C18H28N6O2S. The minimum atomic E-state index is -0.0250. The largest absolute Gasteiger partial charge is 0.353 e. The zero-order valence-corrected chi connectivity index (χ0v) is 17.0. The summed E-state index contributed by atoms with van der Waals surface area (Å²) in [5.74, 6) is 1.72. The highest BCUT2D eigenvalue weighted by Gasteiger charge is 2.22. The lowest BCUT2D eigenvalue weighted by atomic mass is 10.1. The molecule has 1 unspecified atom stereocenters. The van der Waals surface area contributed by atoms with Crippen LogP contribution < -0.4 is 11.0 Å². The van der Waals surface area contributed by atoms with Gasteiger partial charge in [-0.3, -0.25) is 9.36 Å². The molecule has 0 spiro atoms. The van der Waals surface area contributed by atoms with Crippen molar-refractivity contribution in [3.63, 3.8) is 0 Å². The molecule has 27 heavy (non-hydrogen) atoms. The van der Waals surface area contributed by atoms with Crippen LogP contribution in [-0.4, -0.2) is 41.6 Å².